The Labute approximate surface area is 95.8 Å². The lowest BCUT2D eigenvalue weighted by atomic mass is 9.78. The van der Waals surface area contributed by atoms with Crippen molar-refractivity contribution in [3.8, 4) is 0 Å². The van der Waals surface area contributed by atoms with E-state index in [2.05, 4.69) is 6.92 Å². The molecule has 1 aliphatic carbocycles. The third kappa shape index (κ3) is 2.37. The Morgan fingerprint density at radius 3 is 2.60 bits per heavy atom. The highest BCUT2D eigenvalue weighted by atomic mass is 35.5. The highest BCUT2D eigenvalue weighted by molar-refractivity contribution is 6.29. The molecule has 1 aromatic heterocycles. The zero-order valence-corrected chi connectivity index (χ0v) is 9.83. The molecule has 1 saturated carbocycles. The number of rotatable bonds is 2. The zero-order valence-electron chi connectivity index (χ0n) is 9.08. The number of furan rings is 1. The molecule has 0 bridgehead atoms. The van der Waals surface area contributed by atoms with Crippen LogP contribution in [-0.2, 0) is 0 Å². The minimum absolute atomic E-state index is 0.0451. The first-order valence-electron chi connectivity index (χ1n) is 5.67. The van der Waals surface area contributed by atoms with Gasteiger partial charge < -0.3 is 10.2 Å². The Kier molecular flexibility index (Phi) is 3.37. The van der Waals surface area contributed by atoms with Gasteiger partial charge >= 0.3 is 0 Å². The third-order valence-electron chi connectivity index (χ3n) is 3.57. The van der Waals surface area contributed by atoms with Crippen molar-refractivity contribution in [3.05, 3.63) is 23.1 Å². The highest BCUT2D eigenvalue weighted by Gasteiger charge is 2.26. The summed E-state index contributed by atoms with van der Waals surface area (Å²) in [5, 5.41) is 0.459. The van der Waals surface area contributed by atoms with E-state index in [0.29, 0.717) is 11.1 Å². The fourth-order valence-corrected chi connectivity index (χ4v) is 2.68. The van der Waals surface area contributed by atoms with Crippen LogP contribution in [0.15, 0.2) is 16.7 Å². The van der Waals surface area contributed by atoms with Crippen LogP contribution in [0.5, 0.6) is 0 Å². The standard InChI is InChI=1S/C12H18ClNO/c1-8-2-4-9(5-3-8)11(14)10-6-7-15-12(10)13/h6-9,11H,2-5,14H2,1H3. The van der Waals surface area contributed by atoms with Crippen molar-refractivity contribution in [2.45, 2.75) is 38.6 Å². The molecule has 2 N–H and O–H groups in total. The SMILES string of the molecule is CC1CCC(C(N)c2ccoc2Cl)CC1. The van der Waals surface area contributed by atoms with Gasteiger partial charge in [-0.05, 0) is 42.3 Å². The van der Waals surface area contributed by atoms with Crippen LogP contribution >= 0.6 is 11.6 Å². The maximum atomic E-state index is 6.22. The highest BCUT2D eigenvalue weighted by Crippen LogP contribution is 2.37. The van der Waals surface area contributed by atoms with Gasteiger partial charge in [-0.15, -0.1) is 0 Å². The predicted molar refractivity (Wildman–Crippen MR) is 61.8 cm³/mol. The molecular weight excluding hydrogens is 210 g/mol. The van der Waals surface area contributed by atoms with Crippen LogP contribution < -0.4 is 5.73 Å². The molecule has 1 atom stereocenters. The van der Waals surface area contributed by atoms with Crippen molar-refractivity contribution in [2.75, 3.05) is 0 Å². The van der Waals surface area contributed by atoms with Crippen molar-refractivity contribution in [1.82, 2.24) is 0 Å². The Hall–Kier alpha value is -0.470. The van der Waals surface area contributed by atoms with E-state index in [1.165, 1.54) is 25.7 Å². The van der Waals surface area contributed by atoms with E-state index in [4.69, 9.17) is 21.8 Å². The van der Waals surface area contributed by atoms with Crippen molar-refractivity contribution in [2.24, 2.45) is 17.6 Å². The van der Waals surface area contributed by atoms with E-state index < -0.39 is 0 Å². The summed E-state index contributed by atoms with van der Waals surface area (Å²) in [5.41, 5.74) is 7.18. The summed E-state index contributed by atoms with van der Waals surface area (Å²) in [6.45, 7) is 2.31. The number of nitrogens with two attached hydrogens (primary N) is 1. The van der Waals surface area contributed by atoms with E-state index >= 15 is 0 Å². The van der Waals surface area contributed by atoms with Crippen molar-refractivity contribution < 1.29 is 4.42 Å². The molecule has 0 amide bonds. The van der Waals surface area contributed by atoms with Gasteiger partial charge in [-0.25, -0.2) is 0 Å². The summed E-state index contributed by atoms with van der Waals surface area (Å²) in [7, 11) is 0. The quantitative estimate of drug-likeness (QED) is 0.836. The summed E-state index contributed by atoms with van der Waals surface area (Å²) >= 11 is 5.94. The fourth-order valence-electron chi connectivity index (χ4n) is 2.44. The van der Waals surface area contributed by atoms with Gasteiger partial charge in [-0.3, -0.25) is 0 Å². The summed E-state index contributed by atoms with van der Waals surface area (Å²) in [5.74, 6) is 1.42. The van der Waals surface area contributed by atoms with Crippen molar-refractivity contribution in [1.29, 1.82) is 0 Å². The summed E-state index contributed by atoms with van der Waals surface area (Å²) in [6.07, 6.45) is 6.61. The van der Waals surface area contributed by atoms with Crippen LogP contribution in [0, 0.1) is 11.8 Å². The topological polar surface area (TPSA) is 39.2 Å². The first-order valence-corrected chi connectivity index (χ1v) is 6.04. The molecule has 0 radical (unpaired) electrons. The van der Waals surface area contributed by atoms with Gasteiger partial charge in [0.25, 0.3) is 0 Å². The lowest BCUT2D eigenvalue weighted by Crippen LogP contribution is -2.25. The zero-order chi connectivity index (χ0) is 10.8. The van der Waals surface area contributed by atoms with Crippen LogP contribution in [0.25, 0.3) is 0 Å². The molecule has 1 aliphatic rings. The first kappa shape index (κ1) is 11.0. The second-order valence-corrected chi connectivity index (χ2v) is 5.04. The van der Waals surface area contributed by atoms with Gasteiger partial charge in [-0.1, -0.05) is 19.8 Å². The number of hydrogen-bond acceptors (Lipinski definition) is 2. The average molecular weight is 228 g/mol. The summed E-state index contributed by atoms with van der Waals surface area (Å²) in [4.78, 5) is 0. The Balaban J connectivity index is 2.02. The summed E-state index contributed by atoms with van der Waals surface area (Å²) < 4.78 is 5.08. The molecule has 3 heteroatoms. The Morgan fingerprint density at radius 1 is 1.40 bits per heavy atom. The van der Waals surface area contributed by atoms with Crippen LogP contribution in [0.4, 0.5) is 0 Å². The predicted octanol–water partition coefficient (Wildman–Crippen LogP) is 3.76. The van der Waals surface area contributed by atoms with Gasteiger partial charge in [0, 0.05) is 11.6 Å². The number of hydrogen-bond donors (Lipinski definition) is 1. The van der Waals surface area contributed by atoms with E-state index in [1.54, 1.807) is 6.26 Å². The smallest absolute Gasteiger partial charge is 0.197 e. The normalized spacial score (nSPS) is 29.0. The minimum atomic E-state index is 0.0451. The van der Waals surface area contributed by atoms with Gasteiger partial charge in [0.2, 0.25) is 0 Å². The number of halogens is 1. The van der Waals surface area contributed by atoms with Crippen LogP contribution in [-0.4, -0.2) is 0 Å². The molecule has 1 aromatic rings. The molecule has 0 aliphatic heterocycles. The maximum Gasteiger partial charge on any atom is 0.197 e. The van der Waals surface area contributed by atoms with E-state index in [9.17, 15) is 0 Å². The van der Waals surface area contributed by atoms with E-state index in [1.807, 2.05) is 6.07 Å². The molecule has 0 spiro atoms. The molecule has 1 heterocycles. The van der Waals surface area contributed by atoms with Crippen molar-refractivity contribution in [3.63, 3.8) is 0 Å². The molecule has 2 rings (SSSR count). The van der Waals surface area contributed by atoms with Gasteiger partial charge in [0.15, 0.2) is 5.22 Å². The molecule has 0 saturated heterocycles. The molecule has 15 heavy (non-hydrogen) atoms. The third-order valence-corrected chi connectivity index (χ3v) is 3.88. The van der Waals surface area contributed by atoms with Crippen LogP contribution in [0.1, 0.15) is 44.2 Å². The molecule has 2 nitrogen and oxygen atoms in total. The van der Waals surface area contributed by atoms with Gasteiger partial charge in [0.1, 0.15) is 0 Å². The molecule has 1 fully saturated rings. The van der Waals surface area contributed by atoms with Gasteiger partial charge in [0.05, 0.1) is 6.26 Å². The largest absolute Gasteiger partial charge is 0.453 e. The average Bonchev–Trinajstić information content (AvgIpc) is 2.65. The summed E-state index contributed by atoms with van der Waals surface area (Å²) in [6, 6.07) is 1.94. The molecular formula is C12H18ClNO. The molecule has 0 aromatic carbocycles. The van der Waals surface area contributed by atoms with Crippen LogP contribution in [0.3, 0.4) is 0 Å². The van der Waals surface area contributed by atoms with E-state index in [-0.39, 0.29) is 6.04 Å². The lowest BCUT2D eigenvalue weighted by Gasteiger charge is -2.30. The molecule has 1 unspecified atom stereocenters. The lowest BCUT2D eigenvalue weighted by molar-refractivity contribution is 0.255. The molecule has 84 valence electrons. The Morgan fingerprint density at radius 2 is 2.07 bits per heavy atom. The Bertz CT molecular complexity index is 315. The first-order chi connectivity index (χ1) is 7.18. The van der Waals surface area contributed by atoms with Gasteiger partial charge in [-0.2, -0.15) is 0 Å². The van der Waals surface area contributed by atoms with E-state index in [0.717, 1.165) is 11.5 Å². The second kappa shape index (κ2) is 4.58. The minimum Gasteiger partial charge on any atom is -0.453 e. The van der Waals surface area contributed by atoms with Crippen LogP contribution in [0.2, 0.25) is 5.22 Å². The second-order valence-electron chi connectivity index (χ2n) is 4.70. The monoisotopic (exact) mass is 227 g/mol. The van der Waals surface area contributed by atoms with Crippen molar-refractivity contribution >= 4 is 11.6 Å². The maximum absolute atomic E-state index is 6.22. The fraction of sp³-hybridized carbons (Fsp3) is 0.667.